The number of pyridine rings is 1. The van der Waals surface area contributed by atoms with E-state index in [1.54, 1.807) is 11.8 Å². The highest BCUT2D eigenvalue weighted by Gasteiger charge is 2.34. The van der Waals surface area contributed by atoms with Crippen molar-refractivity contribution in [1.29, 1.82) is 0 Å². The lowest BCUT2D eigenvalue weighted by molar-refractivity contribution is -0.141. The molecule has 4 nitrogen and oxygen atoms in total. The number of fused-ring (bicyclic) bond motifs is 1. The van der Waals surface area contributed by atoms with Crippen molar-refractivity contribution in [1.82, 2.24) is 9.88 Å². The van der Waals surface area contributed by atoms with E-state index < -0.39 is 11.9 Å². The van der Waals surface area contributed by atoms with E-state index in [1.165, 1.54) is 0 Å². The molecule has 0 bridgehead atoms. The number of nitrogen functional groups attached to an aromatic ring is 1. The van der Waals surface area contributed by atoms with Crippen molar-refractivity contribution in [3.05, 3.63) is 22.2 Å². The van der Waals surface area contributed by atoms with Crippen LogP contribution in [0.25, 0.3) is 10.2 Å². The Kier molecular flexibility index (Phi) is 3.95. The van der Waals surface area contributed by atoms with Crippen LogP contribution in [0.4, 0.5) is 18.9 Å². The van der Waals surface area contributed by atoms with Gasteiger partial charge in [-0.15, -0.1) is 11.3 Å². The van der Waals surface area contributed by atoms with Crippen molar-refractivity contribution in [2.45, 2.75) is 32.4 Å². The molecule has 124 valence electrons. The summed E-state index contributed by atoms with van der Waals surface area (Å²) in [5, 5.41) is 0.448. The molecular weight excluding hydrogens is 327 g/mol. The second-order valence-electron chi connectivity index (χ2n) is 5.70. The molecular formula is C15H16F3N3OS. The number of alkyl halides is 3. The average molecular weight is 343 g/mol. The number of piperidine rings is 1. The largest absolute Gasteiger partial charge is 0.433 e. The normalized spacial score (nSPS) is 16.1. The lowest BCUT2D eigenvalue weighted by Gasteiger charge is -2.26. The molecule has 3 heterocycles. The van der Waals surface area contributed by atoms with Crippen LogP contribution in [0.3, 0.4) is 0 Å². The van der Waals surface area contributed by atoms with Crippen LogP contribution in [0.1, 0.15) is 40.2 Å². The molecule has 1 fully saturated rings. The minimum absolute atomic E-state index is 0.162. The molecule has 2 aromatic heterocycles. The van der Waals surface area contributed by atoms with Crippen LogP contribution in [0, 0.1) is 6.92 Å². The maximum atomic E-state index is 12.9. The van der Waals surface area contributed by atoms with Gasteiger partial charge in [-0.1, -0.05) is 0 Å². The van der Waals surface area contributed by atoms with Crippen LogP contribution in [0.2, 0.25) is 0 Å². The van der Waals surface area contributed by atoms with E-state index in [0.717, 1.165) is 36.7 Å². The highest BCUT2D eigenvalue weighted by molar-refractivity contribution is 7.21. The van der Waals surface area contributed by atoms with Crippen LogP contribution >= 0.6 is 11.3 Å². The number of hydrogen-bond acceptors (Lipinski definition) is 4. The molecule has 23 heavy (non-hydrogen) atoms. The fraction of sp³-hybridized carbons (Fsp3) is 0.467. The number of anilines is 1. The molecule has 0 saturated carbocycles. The van der Waals surface area contributed by atoms with Gasteiger partial charge in [0.2, 0.25) is 0 Å². The third kappa shape index (κ3) is 2.87. The van der Waals surface area contributed by atoms with E-state index in [0.29, 0.717) is 24.0 Å². The van der Waals surface area contributed by atoms with Crippen LogP contribution < -0.4 is 5.73 Å². The second-order valence-corrected chi connectivity index (χ2v) is 6.70. The Hall–Kier alpha value is -1.83. The first-order valence-electron chi connectivity index (χ1n) is 7.35. The van der Waals surface area contributed by atoms with Crippen LogP contribution in [-0.2, 0) is 6.18 Å². The Morgan fingerprint density at radius 1 is 1.30 bits per heavy atom. The number of carbonyl (C=O) groups excluding carboxylic acids is 1. The molecule has 1 amide bonds. The fourth-order valence-electron chi connectivity index (χ4n) is 2.85. The summed E-state index contributed by atoms with van der Waals surface area (Å²) in [4.78, 5) is 18.4. The summed E-state index contributed by atoms with van der Waals surface area (Å²) in [6.07, 6.45) is -1.56. The minimum Gasteiger partial charge on any atom is -0.397 e. The Morgan fingerprint density at radius 3 is 2.57 bits per heavy atom. The number of halogens is 3. The number of thiophene rings is 1. The monoisotopic (exact) mass is 343 g/mol. The molecule has 1 aliphatic rings. The predicted octanol–water partition coefficient (Wildman–Crippen LogP) is 3.83. The zero-order chi connectivity index (χ0) is 16.8. The minimum atomic E-state index is -4.52. The molecule has 2 aromatic rings. The van der Waals surface area contributed by atoms with Gasteiger partial charge in [0.15, 0.2) is 0 Å². The van der Waals surface area contributed by atoms with Gasteiger partial charge in [0.05, 0.1) is 5.69 Å². The first-order valence-corrected chi connectivity index (χ1v) is 8.17. The van der Waals surface area contributed by atoms with Gasteiger partial charge in [0.1, 0.15) is 15.4 Å². The first kappa shape index (κ1) is 16.0. The van der Waals surface area contributed by atoms with Crippen molar-refractivity contribution < 1.29 is 18.0 Å². The quantitative estimate of drug-likeness (QED) is 0.856. The van der Waals surface area contributed by atoms with Gasteiger partial charge < -0.3 is 10.6 Å². The summed E-state index contributed by atoms with van der Waals surface area (Å²) < 4.78 is 38.7. The number of hydrogen-bond donors (Lipinski definition) is 1. The number of amides is 1. The van der Waals surface area contributed by atoms with Crippen molar-refractivity contribution in [3.8, 4) is 0 Å². The van der Waals surface area contributed by atoms with E-state index in [-0.39, 0.29) is 21.3 Å². The molecule has 0 aromatic carbocycles. The highest BCUT2D eigenvalue weighted by atomic mass is 32.1. The van der Waals surface area contributed by atoms with Crippen molar-refractivity contribution in [2.24, 2.45) is 0 Å². The Bertz CT molecular complexity index is 763. The molecule has 0 spiro atoms. The molecule has 1 aliphatic heterocycles. The van der Waals surface area contributed by atoms with Gasteiger partial charge in [-0.05, 0) is 37.8 Å². The lowest BCUT2D eigenvalue weighted by Crippen LogP contribution is -2.35. The predicted molar refractivity (Wildman–Crippen MR) is 83.5 cm³/mol. The Labute approximate surface area is 135 Å². The summed E-state index contributed by atoms with van der Waals surface area (Å²) >= 11 is 0.943. The van der Waals surface area contributed by atoms with E-state index >= 15 is 0 Å². The number of carbonyl (C=O) groups is 1. The Balaban J connectivity index is 2.07. The second kappa shape index (κ2) is 5.67. The van der Waals surface area contributed by atoms with Crippen molar-refractivity contribution in [3.63, 3.8) is 0 Å². The number of nitrogens with zero attached hydrogens (tertiary/aromatic N) is 2. The van der Waals surface area contributed by atoms with Crippen LogP contribution in [0.15, 0.2) is 6.07 Å². The Morgan fingerprint density at radius 2 is 1.96 bits per heavy atom. The standard InChI is InChI=1S/C15H16F3N3OS/c1-8-7-9(15(16,17)18)20-13-10(8)11(19)12(23-13)14(22)21-5-3-2-4-6-21/h7H,2-6,19H2,1H3. The third-order valence-corrected chi connectivity index (χ3v) is 5.11. The van der Waals surface area contributed by atoms with E-state index in [2.05, 4.69) is 4.98 Å². The first-order chi connectivity index (χ1) is 10.8. The lowest BCUT2D eigenvalue weighted by atomic mass is 10.1. The molecule has 3 rings (SSSR count). The topological polar surface area (TPSA) is 59.2 Å². The smallest absolute Gasteiger partial charge is 0.397 e. The zero-order valence-electron chi connectivity index (χ0n) is 12.5. The van der Waals surface area contributed by atoms with Gasteiger partial charge in [-0.25, -0.2) is 4.98 Å². The number of aromatic nitrogens is 1. The van der Waals surface area contributed by atoms with Crippen molar-refractivity contribution in [2.75, 3.05) is 18.8 Å². The number of nitrogens with two attached hydrogens (primary N) is 1. The summed E-state index contributed by atoms with van der Waals surface area (Å²) in [7, 11) is 0. The maximum Gasteiger partial charge on any atom is 0.433 e. The SMILES string of the molecule is Cc1cc(C(F)(F)F)nc2sc(C(=O)N3CCCCC3)c(N)c12. The zero-order valence-corrected chi connectivity index (χ0v) is 13.4. The van der Waals surface area contributed by atoms with Gasteiger partial charge in [0.25, 0.3) is 5.91 Å². The highest BCUT2D eigenvalue weighted by Crippen LogP contribution is 2.38. The van der Waals surface area contributed by atoms with Crippen LogP contribution in [0.5, 0.6) is 0 Å². The molecule has 8 heteroatoms. The van der Waals surface area contributed by atoms with Crippen molar-refractivity contribution >= 4 is 33.1 Å². The number of aryl methyl sites for hydroxylation is 1. The van der Waals surface area contributed by atoms with E-state index in [4.69, 9.17) is 5.73 Å². The number of likely N-dealkylation sites (tertiary alicyclic amines) is 1. The molecule has 0 aliphatic carbocycles. The molecule has 0 atom stereocenters. The number of rotatable bonds is 1. The van der Waals surface area contributed by atoms with Crippen LogP contribution in [-0.4, -0.2) is 28.9 Å². The fourth-order valence-corrected chi connectivity index (χ4v) is 3.99. The van der Waals surface area contributed by atoms with E-state index in [9.17, 15) is 18.0 Å². The molecule has 2 N–H and O–H groups in total. The summed E-state index contributed by atoms with van der Waals surface area (Å²) in [5.41, 5.74) is 5.71. The summed E-state index contributed by atoms with van der Waals surface area (Å²) in [6, 6.07) is 0.973. The van der Waals surface area contributed by atoms with Gasteiger partial charge >= 0.3 is 6.18 Å². The van der Waals surface area contributed by atoms with Gasteiger partial charge in [-0.2, -0.15) is 13.2 Å². The average Bonchev–Trinajstić information content (AvgIpc) is 2.84. The molecule has 0 unspecified atom stereocenters. The third-order valence-electron chi connectivity index (χ3n) is 4.02. The molecule has 0 radical (unpaired) electrons. The summed E-state index contributed by atoms with van der Waals surface area (Å²) in [6.45, 7) is 2.87. The van der Waals surface area contributed by atoms with Gasteiger partial charge in [0, 0.05) is 18.5 Å². The maximum absolute atomic E-state index is 12.9. The summed E-state index contributed by atoms with van der Waals surface area (Å²) in [5.74, 6) is -0.210. The van der Waals surface area contributed by atoms with E-state index in [1.807, 2.05) is 0 Å². The van der Waals surface area contributed by atoms with Gasteiger partial charge in [-0.3, -0.25) is 4.79 Å². The molecule has 1 saturated heterocycles.